The van der Waals surface area contributed by atoms with E-state index in [0.29, 0.717) is 29.9 Å². The number of unbranched alkanes of at least 4 members (excludes halogenated alkanes) is 4. The molecule has 5 heteroatoms. The fourth-order valence-electron chi connectivity index (χ4n) is 6.56. The summed E-state index contributed by atoms with van der Waals surface area (Å²) in [5.41, 5.74) is 0.851. The third-order valence-electron chi connectivity index (χ3n) is 9.13. The molecule has 1 aromatic rings. The summed E-state index contributed by atoms with van der Waals surface area (Å²) < 4.78 is 12.3. The number of ether oxygens (including phenoxy) is 2. The number of hydrogen-bond acceptors (Lipinski definition) is 4. The molecule has 3 rings (SSSR count). The fourth-order valence-corrected chi connectivity index (χ4v) is 6.56. The quantitative estimate of drug-likeness (QED) is 0.305. The van der Waals surface area contributed by atoms with Crippen molar-refractivity contribution >= 4 is 11.8 Å². The van der Waals surface area contributed by atoms with Gasteiger partial charge in [-0.2, -0.15) is 0 Å². The van der Waals surface area contributed by atoms with Gasteiger partial charge < -0.3 is 14.4 Å². The molecule has 4 atom stereocenters. The van der Waals surface area contributed by atoms with E-state index in [-0.39, 0.29) is 23.0 Å². The zero-order valence-electron chi connectivity index (χ0n) is 22.5. The van der Waals surface area contributed by atoms with Crippen LogP contribution in [-0.4, -0.2) is 43.3 Å². The van der Waals surface area contributed by atoms with Gasteiger partial charge in [-0.3, -0.25) is 5.32 Å². The number of carbonyl (C=O) groups is 1. The van der Waals surface area contributed by atoms with Crippen molar-refractivity contribution in [3.05, 3.63) is 24.3 Å². The van der Waals surface area contributed by atoms with E-state index in [1.165, 1.54) is 32.1 Å². The Hall–Kier alpha value is -1.75. The van der Waals surface area contributed by atoms with Gasteiger partial charge in [0, 0.05) is 17.9 Å². The third-order valence-corrected chi connectivity index (χ3v) is 9.13. The summed E-state index contributed by atoms with van der Waals surface area (Å²) in [6.45, 7) is 17.5. The lowest BCUT2D eigenvalue weighted by Crippen LogP contribution is -2.45. The molecule has 0 aromatic heterocycles. The van der Waals surface area contributed by atoms with Gasteiger partial charge in [0.25, 0.3) is 0 Å². The number of hydrogen-bond donors (Lipinski definition) is 1. The molecule has 0 spiro atoms. The number of nitrogens with one attached hydrogen (secondary N) is 1. The molecular weight excluding hydrogens is 424 g/mol. The Kier molecular flexibility index (Phi) is 9.31. The zero-order chi connectivity index (χ0) is 24.8. The molecule has 1 aromatic carbocycles. The standard InChI is InChI=1S/C29H48N2O3/c1-7-10-11-12-15-20-33-25-17-14-13-16-24(25)30-27(32)34-26-22(21-31(8-2)9-3)23-18-19-29(26,6)28(23,4)5/h13-14,16-17,22-23,26H,7-12,15,18-21H2,1-6H3,(H,30,32)/t22-,23+,26-,29-/m1/s1. The topological polar surface area (TPSA) is 50.8 Å². The summed E-state index contributed by atoms with van der Waals surface area (Å²) in [5, 5.41) is 3.00. The molecule has 2 bridgehead atoms. The minimum Gasteiger partial charge on any atom is -0.491 e. The van der Waals surface area contributed by atoms with E-state index in [2.05, 4.69) is 51.8 Å². The van der Waals surface area contributed by atoms with Crippen LogP contribution in [0, 0.1) is 22.7 Å². The van der Waals surface area contributed by atoms with Gasteiger partial charge in [-0.25, -0.2) is 4.79 Å². The summed E-state index contributed by atoms with van der Waals surface area (Å²) in [4.78, 5) is 15.6. The number of anilines is 1. The predicted molar refractivity (Wildman–Crippen MR) is 140 cm³/mol. The van der Waals surface area contributed by atoms with E-state index in [4.69, 9.17) is 9.47 Å². The van der Waals surface area contributed by atoms with Gasteiger partial charge in [-0.05, 0) is 55.8 Å². The van der Waals surface area contributed by atoms with Crippen molar-refractivity contribution in [2.24, 2.45) is 22.7 Å². The fraction of sp³-hybridized carbons (Fsp3) is 0.759. The molecule has 0 heterocycles. The van der Waals surface area contributed by atoms with Crippen LogP contribution in [0.5, 0.6) is 5.75 Å². The Morgan fingerprint density at radius 3 is 2.47 bits per heavy atom. The molecule has 1 N–H and O–H groups in total. The maximum atomic E-state index is 13.2. The van der Waals surface area contributed by atoms with E-state index in [1.54, 1.807) is 0 Å². The summed E-state index contributed by atoms with van der Waals surface area (Å²) in [6, 6.07) is 7.69. The minimum atomic E-state index is -0.363. The highest BCUT2D eigenvalue weighted by molar-refractivity contribution is 5.86. The number of rotatable bonds is 13. The largest absolute Gasteiger partial charge is 0.491 e. The van der Waals surface area contributed by atoms with Gasteiger partial charge in [0.15, 0.2) is 0 Å². The van der Waals surface area contributed by atoms with Crippen molar-refractivity contribution in [3.63, 3.8) is 0 Å². The van der Waals surface area contributed by atoms with E-state index in [0.717, 1.165) is 32.5 Å². The lowest BCUT2D eigenvalue weighted by atomic mass is 9.70. The van der Waals surface area contributed by atoms with Crippen molar-refractivity contribution in [3.8, 4) is 5.75 Å². The van der Waals surface area contributed by atoms with E-state index in [1.807, 2.05) is 24.3 Å². The van der Waals surface area contributed by atoms with Gasteiger partial charge in [-0.15, -0.1) is 0 Å². The minimum absolute atomic E-state index is 0.00132. The number of para-hydroxylation sites is 2. The number of amides is 1. The Labute approximate surface area is 208 Å². The van der Waals surface area contributed by atoms with E-state index < -0.39 is 0 Å². The van der Waals surface area contributed by atoms with Crippen LogP contribution in [0.15, 0.2) is 24.3 Å². The number of nitrogens with zero attached hydrogens (tertiary/aromatic N) is 1. The highest BCUT2D eigenvalue weighted by atomic mass is 16.6. The maximum absolute atomic E-state index is 13.2. The number of carbonyl (C=O) groups excluding carboxylic acids is 1. The van der Waals surface area contributed by atoms with Gasteiger partial charge >= 0.3 is 6.09 Å². The smallest absolute Gasteiger partial charge is 0.412 e. The maximum Gasteiger partial charge on any atom is 0.412 e. The molecule has 192 valence electrons. The average Bonchev–Trinajstić information content (AvgIpc) is 3.13. The van der Waals surface area contributed by atoms with Crippen LogP contribution >= 0.6 is 0 Å². The third kappa shape index (κ3) is 5.56. The highest BCUT2D eigenvalue weighted by Crippen LogP contribution is 2.68. The van der Waals surface area contributed by atoms with E-state index in [9.17, 15) is 4.79 Å². The summed E-state index contributed by atoms with van der Waals surface area (Å²) in [5.74, 6) is 1.67. The zero-order valence-corrected chi connectivity index (χ0v) is 22.5. The Balaban J connectivity index is 1.65. The number of benzene rings is 1. The van der Waals surface area contributed by atoms with Crippen LogP contribution in [-0.2, 0) is 4.74 Å². The second-order valence-corrected chi connectivity index (χ2v) is 11.1. The van der Waals surface area contributed by atoms with Gasteiger partial charge in [0.05, 0.1) is 12.3 Å². The van der Waals surface area contributed by atoms with Crippen LogP contribution < -0.4 is 10.1 Å². The molecule has 0 saturated heterocycles. The van der Waals surface area contributed by atoms with Crippen molar-refractivity contribution in [2.45, 2.75) is 92.6 Å². The first-order valence-corrected chi connectivity index (χ1v) is 13.7. The lowest BCUT2D eigenvalue weighted by Gasteiger charge is -2.40. The van der Waals surface area contributed by atoms with Gasteiger partial charge in [-0.1, -0.05) is 79.4 Å². The Morgan fingerprint density at radius 2 is 1.76 bits per heavy atom. The van der Waals surface area contributed by atoms with Gasteiger partial charge in [0.1, 0.15) is 11.9 Å². The summed E-state index contributed by atoms with van der Waals surface area (Å²) >= 11 is 0. The van der Waals surface area contributed by atoms with Crippen LogP contribution in [0.4, 0.5) is 10.5 Å². The molecule has 2 fully saturated rings. The molecule has 5 nitrogen and oxygen atoms in total. The Bertz CT molecular complexity index is 791. The molecule has 0 radical (unpaired) electrons. The van der Waals surface area contributed by atoms with Crippen LogP contribution in [0.2, 0.25) is 0 Å². The second kappa shape index (κ2) is 11.8. The summed E-state index contributed by atoms with van der Waals surface area (Å²) in [7, 11) is 0. The average molecular weight is 473 g/mol. The molecule has 0 unspecified atom stereocenters. The van der Waals surface area contributed by atoms with Crippen LogP contribution in [0.1, 0.15) is 86.5 Å². The predicted octanol–water partition coefficient (Wildman–Crippen LogP) is 7.37. The van der Waals surface area contributed by atoms with Crippen molar-refractivity contribution in [1.29, 1.82) is 0 Å². The molecule has 0 aliphatic heterocycles. The number of fused-ring (bicyclic) bond motifs is 2. The molecular formula is C29H48N2O3. The van der Waals surface area contributed by atoms with Crippen LogP contribution in [0.25, 0.3) is 0 Å². The highest BCUT2D eigenvalue weighted by Gasteiger charge is 2.67. The first kappa shape index (κ1) is 26.8. The van der Waals surface area contributed by atoms with Crippen molar-refractivity contribution in [2.75, 3.05) is 31.6 Å². The monoisotopic (exact) mass is 472 g/mol. The molecule has 2 aliphatic carbocycles. The normalized spacial score (nSPS) is 27.2. The molecule has 1 amide bonds. The second-order valence-electron chi connectivity index (χ2n) is 11.1. The van der Waals surface area contributed by atoms with Crippen molar-refractivity contribution in [1.82, 2.24) is 4.90 Å². The SMILES string of the molecule is CCCCCCCOc1ccccc1NC(=O)O[C@@H]1[C@H](CN(CC)CC)[C@@H]2CC[C@@]1(C)C2(C)C. The lowest BCUT2D eigenvalue weighted by molar-refractivity contribution is -0.0258. The van der Waals surface area contributed by atoms with Crippen LogP contribution in [0.3, 0.4) is 0 Å². The van der Waals surface area contributed by atoms with E-state index >= 15 is 0 Å². The van der Waals surface area contributed by atoms with Gasteiger partial charge in [0.2, 0.25) is 0 Å². The molecule has 2 saturated carbocycles. The Morgan fingerprint density at radius 1 is 1.06 bits per heavy atom. The molecule has 2 aliphatic rings. The first-order chi connectivity index (χ1) is 16.3. The molecule has 34 heavy (non-hydrogen) atoms. The first-order valence-electron chi connectivity index (χ1n) is 13.7. The van der Waals surface area contributed by atoms with Crippen molar-refractivity contribution < 1.29 is 14.3 Å². The summed E-state index contributed by atoms with van der Waals surface area (Å²) in [6.07, 6.45) is 7.88.